The summed E-state index contributed by atoms with van der Waals surface area (Å²) in [6, 6.07) is 7.25. The Labute approximate surface area is 83.3 Å². The molecule has 0 bridgehead atoms. The van der Waals surface area contributed by atoms with E-state index >= 15 is 0 Å². The fourth-order valence-corrected chi connectivity index (χ4v) is 0.923. The summed E-state index contributed by atoms with van der Waals surface area (Å²) in [7, 11) is 1.36. The van der Waals surface area contributed by atoms with Gasteiger partial charge in [0.05, 0.1) is 13.5 Å². The standard InChI is InChI=1S/C9H11NO2.ClH/c1-12-9(11)6-7-4-2-3-5-8(7)10;/h2-5H,6,10H2,1H3;1H. The first-order chi connectivity index (χ1) is 5.74. The van der Waals surface area contributed by atoms with Crippen LogP contribution >= 0.6 is 12.4 Å². The molecule has 0 aliphatic carbocycles. The second-order valence-electron chi connectivity index (χ2n) is 2.45. The summed E-state index contributed by atoms with van der Waals surface area (Å²) in [5.41, 5.74) is 7.05. The van der Waals surface area contributed by atoms with E-state index in [0.717, 1.165) is 5.56 Å². The number of hydrogen-bond acceptors (Lipinski definition) is 3. The maximum absolute atomic E-state index is 10.9. The zero-order valence-corrected chi connectivity index (χ0v) is 8.14. The number of rotatable bonds is 2. The predicted molar refractivity (Wildman–Crippen MR) is 53.8 cm³/mol. The molecule has 0 saturated heterocycles. The molecule has 0 aliphatic heterocycles. The van der Waals surface area contributed by atoms with Gasteiger partial charge < -0.3 is 10.5 Å². The van der Waals surface area contributed by atoms with Gasteiger partial charge in [0.1, 0.15) is 0 Å². The molecule has 1 aromatic rings. The summed E-state index contributed by atoms with van der Waals surface area (Å²) in [4.78, 5) is 10.9. The highest BCUT2D eigenvalue weighted by Gasteiger charge is 2.04. The normalized spacial score (nSPS) is 8.69. The van der Waals surface area contributed by atoms with Gasteiger partial charge in [0.25, 0.3) is 0 Å². The van der Waals surface area contributed by atoms with E-state index in [1.807, 2.05) is 18.2 Å². The summed E-state index contributed by atoms with van der Waals surface area (Å²) in [5.74, 6) is -0.270. The van der Waals surface area contributed by atoms with Crippen LogP contribution in [0.25, 0.3) is 0 Å². The highest BCUT2D eigenvalue weighted by atomic mass is 35.5. The number of anilines is 1. The van der Waals surface area contributed by atoms with Gasteiger partial charge in [-0.15, -0.1) is 12.4 Å². The van der Waals surface area contributed by atoms with E-state index in [4.69, 9.17) is 5.73 Å². The maximum atomic E-state index is 10.9. The van der Waals surface area contributed by atoms with Gasteiger partial charge in [-0.1, -0.05) is 18.2 Å². The largest absolute Gasteiger partial charge is 0.469 e. The molecule has 0 unspecified atom stereocenters. The molecule has 72 valence electrons. The van der Waals surface area contributed by atoms with E-state index in [0.29, 0.717) is 5.69 Å². The average molecular weight is 202 g/mol. The highest BCUT2D eigenvalue weighted by molar-refractivity contribution is 5.85. The molecule has 1 aromatic carbocycles. The van der Waals surface area contributed by atoms with E-state index in [9.17, 15) is 4.79 Å². The second kappa shape index (κ2) is 5.43. The Kier molecular flexibility index (Phi) is 4.92. The van der Waals surface area contributed by atoms with Crippen molar-refractivity contribution in [1.82, 2.24) is 0 Å². The van der Waals surface area contributed by atoms with Gasteiger partial charge in [0.15, 0.2) is 0 Å². The number of hydrogen-bond donors (Lipinski definition) is 1. The quantitative estimate of drug-likeness (QED) is 0.582. The van der Waals surface area contributed by atoms with E-state index in [-0.39, 0.29) is 24.8 Å². The Hall–Kier alpha value is -1.22. The lowest BCUT2D eigenvalue weighted by Crippen LogP contribution is -2.06. The molecule has 0 fully saturated rings. The van der Waals surface area contributed by atoms with Crippen LogP contribution in [0.2, 0.25) is 0 Å². The van der Waals surface area contributed by atoms with Crippen molar-refractivity contribution in [3.8, 4) is 0 Å². The number of carbonyl (C=O) groups excluding carboxylic acids is 1. The van der Waals surface area contributed by atoms with Crippen molar-refractivity contribution in [2.75, 3.05) is 12.8 Å². The van der Waals surface area contributed by atoms with Gasteiger partial charge in [-0.05, 0) is 11.6 Å². The van der Waals surface area contributed by atoms with Crippen LogP contribution in [-0.4, -0.2) is 13.1 Å². The average Bonchev–Trinajstić information content (AvgIpc) is 2.09. The molecule has 0 saturated carbocycles. The minimum Gasteiger partial charge on any atom is -0.469 e. The molecule has 0 radical (unpaired) electrons. The van der Waals surface area contributed by atoms with Crippen LogP contribution in [0.3, 0.4) is 0 Å². The van der Waals surface area contributed by atoms with Crippen molar-refractivity contribution in [2.45, 2.75) is 6.42 Å². The van der Waals surface area contributed by atoms with Crippen LogP contribution in [0.4, 0.5) is 5.69 Å². The number of methoxy groups -OCH3 is 1. The molecular weight excluding hydrogens is 190 g/mol. The third kappa shape index (κ3) is 3.34. The zero-order chi connectivity index (χ0) is 8.97. The minimum atomic E-state index is -0.270. The molecule has 0 aromatic heterocycles. The Morgan fingerprint density at radius 3 is 2.62 bits per heavy atom. The van der Waals surface area contributed by atoms with Crippen LogP contribution in [0, 0.1) is 0 Å². The smallest absolute Gasteiger partial charge is 0.310 e. The maximum Gasteiger partial charge on any atom is 0.310 e. The number of halogens is 1. The summed E-state index contributed by atoms with van der Waals surface area (Å²) >= 11 is 0. The van der Waals surface area contributed by atoms with Gasteiger partial charge in [0, 0.05) is 5.69 Å². The fourth-order valence-electron chi connectivity index (χ4n) is 0.923. The van der Waals surface area contributed by atoms with Gasteiger partial charge >= 0.3 is 5.97 Å². The molecule has 0 heterocycles. The molecule has 3 nitrogen and oxygen atoms in total. The van der Waals surface area contributed by atoms with Gasteiger partial charge in [-0.25, -0.2) is 0 Å². The molecule has 2 N–H and O–H groups in total. The van der Waals surface area contributed by atoms with E-state index in [1.165, 1.54) is 7.11 Å². The molecule has 0 spiro atoms. The van der Waals surface area contributed by atoms with Crippen molar-refractivity contribution >= 4 is 24.1 Å². The van der Waals surface area contributed by atoms with Crippen molar-refractivity contribution in [3.63, 3.8) is 0 Å². The van der Waals surface area contributed by atoms with Crippen LogP contribution in [0.15, 0.2) is 24.3 Å². The first kappa shape index (κ1) is 11.8. The van der Waals surface area contributed by atoms with Gasteiger partial charge in [0.2, 0.25) is 0 Å². The van der Waals surface area contributed by atoms with Crippen molar-refractivity contribution < 1.29 is 9.53 Å². The van der Waals surface area contributed by atoms with Crippen LogP contribution in [0.5, 0.6) is 0 Å². The topological polar surface area (TPSA) is 52.3 Å². The molecular formula is C9H12ClNO2. The van der Waals surface area contributed by atoms with Crippen molar-refractivity contribution in [1.29, 1.82) is 0 Å². The molecule has 0 aliphatic rings. The Balaban J connectivity index is 0.00000144. The number of para-hydroxylation sites is 1. The summed E-state index contributed by atoms with van der Waals surface area (Å²) in [5, 5.41) is 0. The number of carbonyl (C=O) groups is 1. The third-order valence-electron chi connectivity index (χ3n) is 1.62. The van der Waals surface area contributed by atoms with Gasteiger partial charge in [-0.2, -0.15) is 0 Å². The predicted octanol–water partition coefficient (Wildman–Crippen LogP) is 1.41. The second-order valence-corrected chi connectivity index (χ2v) is 2.45. The fraction of sp³-hybridized carbons (Fsp3) is 0.222. The Morgan fingerprint density at radius 1 is 1.46 bits per heavy atom. The van der Waals surface area contributed by atoms with Crippen molar-refractivity contribution in [3.05, 3.63) is 29.8 Å². The molecule has 4 heteroatoms. The summed E-state index contributed by atoms with van der Waals surface area (Å²) < 4.78 is 4.51. The minimum absolute atomic E-state index is 0. The Bertz CT molecular complexity index is 289. The molecule has 13 heavy (non-hydrogen) atoms. The highest BCUT2D eigenvalue weighted by Crippen LogP contribution is 2.11. The Morgan fingerprint density at radius 2 is 2.08 bits per heavy atom. The lowest BCUT2D eigenvalue weighted by molar-refractivity contribution is -0.139. The van der Waals surface area contributed by atoms with E-state index in [1.54, 1.807) is 6.07 Å². The van der Waals surface area contributed by atoms with Crippen LogP contribution in [0.1, 0.15) is 5.56 Å². The lowest BCUT2D eigenvalue weighted by atomic mass is 10.1. The monoisotopic (exact) mass is 201 g/mol. The molecule has 1 rings (SSSR count). The summed E-state index contributed by atoms with van der Waals surface area (Å²) in [6.45, 7) is 0. The number of benzene rings is 1. The number of nitrogens with two attached hydrogens (primary N) is 1. The first-order valence-electron chi connectivity index (χ1n) is 3.64. The SMILES string of the molecule is COC(=O)Cc1ccccc1N.Cl. The lowest BCUT2D eigenvalue weighted by Gasteiger charge is -2.02. The number of ether oxygens (including phenoxy) is 1. The van der Waals surface area contributed by atoms with Crippen molar-refractivity contribution in [2.24, 2.45) is 0 Å². The van der Waals surface area contributed by atoms with Crippen LogP contribution in [-0.2, 0) is 16.0 Å². The molecule has 0 atom stereocenters. The first-order valence-corrected chi connectivity index (χ1v) is 3.64. The van der Waals surface area contributed by atoms with E-state index in [2.05, 4.69) is 4.74 Å². The van der Waals surface area contributed by atoms with Crippen LogP contribution < -0.4 is 5.73 Å². The summed E-state index contributed by atoms with van der Waals surface area (Å²) in [6.07, 6.45) is 0.239. The van der Waals surface area contributed by atoms with Gasteiger partial charge in [-0.3, -0.25) is 4.79 Å². The van der Waals surface area contributed by atoms with E-state index < -0.39 is 0 Å². The molecule has 0 amide bonds. The number of esters is 1. The zero-order valence-electron chi connectivity index (χ0n) is 7.32. The third-order valence-corrected chi connectivity index (χ3v) is 1.62. The number of nitrogen functional groups attached to an aromatic ring is 1.